The molecule has 0 atom stereocenters. The molecule has 11 aromatic heterocycles. The van der Waals surface area contributed by atoms with Crippen LogP contribution in [0.4, 0.5) is 44.7 Å². The van der Waals surface area contributed by atoms with E-state index in [0.29, 0.717) is 49.8 Å². The van der Waals surface area contributed by atoms with Gasteiger partial charge in [0, 0.05) is 93.1 Å². The van der Waals surface area contributed by atoms with Crippen LogP contribution in [-0.2, 0) is 28.2 Å². The first kappa shape index (κ1) is 85.1. The summed E-state index contributed by atoms with van der Waals surface area (Å²) in [4.78, 5) is 123. The predicted molar refractivity (Wildman–Crippen MR) is 419 cm³/mol. The highest BCUT2D eigenvalue weighted by Crippen LogP contribution is 2.38. The molecule has 27 nitrogen and oxygen atoms in total. The van der Waals surface area contributed by atoms with Crippen molar-refractivity contribution in [3.05, 3.63) is 236 Å². The van der Waals surface area contributed by atoms with Crippen molar-refractivity contribution in [1.82, 2.24) is 86.8 Å². The van der Waals surface area contributed by atoms with Gasteiger partial charge in [-0.05, 0) is 47.9 Å². The standard InChI is InChI=1S/3C18H14ClF2N5O2.C11H14FN3.C6H2Cl2FNO2.CH3FS/c3*1-7(2)12-13-11(25(3)6-22-13)5-9(20)14(12)26-16-8(17(27)24-18(26)28)4-10(21)15(19)23-16;1-6(2)9-10(13)7(12)4-8-11(9)14-5-15(8)3;7-4-2(6(11)12)1-3(9)5(8)10-4;1-3-2/h3*4-7H,1-3H3,(H,24,27,28);4-6H,13H2,1-3H3;1H,(H,11,12);1H3. The molecule has 114 heavy (non-hydrogen) atoms. The number of benzene rings is 4. The Morgan fingerprint density at radius 2 is 0.649 bits per heavy atom. The highest BCUT2D eigenvalue weighted by Gasteiger charge is 2.30. The topological polar surface area (TPSA) is 351 Å². The maximum absolute atomic E-state index is 15.2. The van der Waals surface area contributed by atoms with Gasteiger partial charge in [-0.25, -0.2) is 108 Å². The number of aryl methyl sites for hydroxylation is 4. The molecule has 0 fully saturated rings. The molecule has 0 bridgehead atoms. The summed E-state index contributed by atoms with van der Waals surface area (Å²) in [6.45, 7) is 14.9. The van der Waals surface area contributed by atoms with Gasteiger partial charge in [0.15, 0.2) is 60.8 Å². The van der Waals surface area contributed by atoms with E-state index in [4.69, 9.17) is 68.8 Å². The second kappa shape index (κ2) is 33.7. The largest absolute Gasteiger partial charge is 0.478 e. The number of imidazole rings is 4. The fourth-order valence-corrected chi connectivity index (χ4v) is 13.3. The minimum absolute atomic E-state index is 0.109. The lowest BCUT2D eigenvalue weighted by Crippen LogP contribution is -2.31. The summed E-state index contributed by atoms with van der Waals surface area (Å²) in [6.07, 6.45) is 7.67. The summed E-state index contributed by atoms with van der Waals surface area (Å²) in [6, 6.07) is 8.50. The van der Waals surface area contributed by atoms with Crippen molar-refractivity contribution in [1.29, 1.82) is 0 Å². The van der Waals surface area contributed by atoms with Crippen molar-refractivity contribution in [3.8, 4) is 17.1 Å². The number of aromatic amines is 3. The molecule has 0 radical (unpaired) electrons. The lowest BCUT2D eigenvalue weighted by molar-refractivity contribution is 0.0696. The van der Waals surface area contributed by atoms with Crippen LogP contribution in [0.15, 0.2) is 103 Å². The summed E-state index contributed by atoms with van der Waals surface area (Å²) in [5.41, 5.74) is 6.13. The van der Waals surface area contributed by atoms with Crippen LogP contribution in [0.2, 0.25) is 25.8 Å². The number of carboxylic acids is 1. The van der Waals surface area contributed by atoms with Crippen LogP contribution < -0.4 is 39.5 Å². The lowest BCUT2D eigenvalue weighted by Gasteiger charge is -2.18. The number of halogens is 14. The molecule has 11 heterocycles. The van der Waals surface area contributed by atoms with Crippen LogP contribution in [0.1, 0.15) is 112 Å². The molecule has 0 saturated carbocycles. The molecule has 0 aliphatic carbocycles. The zero-order valence-electron chi connectivity index (χ0n) is 61.5. The van der Waals surface area contributed by atoms with Crippen molar-refractivity contribution < 1.29 is 48.9 Å². The Morgan fingerprint density at radius 1 is 0.404 bits per heavy atom. The number of nitrogen functional groups attached to an aromatic ring is 1. The maximum atomic E-state index is 15.2. The molecule has 596 valence electrons. The van der Waals surface area contributed by atoms with Crippen LogP contribution in [0.3, 0.4) is 0 Å². The minimum Gasteiger partial charge on any atom is -0.478 e. The average Bonchev–Trinajstić information content (AvgIpc) is 0.951. The van der Waals surface area contributed by atoms with E-state index < -0.39 is 107 Å². The number of fused-ring (bicyclic) bond motifs is 7. The number of H-pyrrole nitrogens is 3. The van der Waals surface area contributed by atoms with Gasteiger partial charge in [0.1, 0.15) is 28.4 Å². The Kier molecular flexibility index (Phi) is 25.2. The minimum atomic E-state index is -1.34. The van der Waals surface area contributed by atoms with E-state index >= 15 is 13.2 Å². The van der Waals surface area contributed by atoms with Gasteiger partial charge in [0.05, 0.1) is 114 Å². The Labute approximate surface area is 663 Å². The first-order valence-corrected chi connectivity index (χ1v) is 36.3. The highest BCUT2D eigenvalue weighted by molar-refractivity contribution is 7.93. The van der Waals surface area contributed by atoms with Crippen LogP contribution in [-0.4, -0.2) is 104 Å². The molecule has 0 aliphatic rings. The zero-order valence-corrected chi connectivity index (χ0v) is 66.1. The molecule has 0 saturated heterocycles. The Bertz CT molecular complexity index is 6310. The number of aromatic nitrogens is 18. The fourth-order valence-electron chi connectivity index (χ4n) is 12.5. The quantitative estimate of drug-likeness (QED) is 0.0536. The zero-order chi connectivity index (χ0) is 84.1. The summed E-state index contributed by atoms with van der Waals surface area (Å²) >= 11 is 28.1. The van der Waals surface area contributed by atoms with E-state index in [1.807, 2.05) is 62.4 Å². The fraction of sp³-hybridized carbons (Fsp3) is 0.236. The van der Waals surface area contributed by atoms with E-state index in [0.717, 1.165) is 54.6 Å². The first-order chi connectivity index (χ1) is 53.6. The molecule has 0 spiro atoms. The van der Waals surface area contributed by atoms with Crippen molar-refractivity contribution in [3.63, 3.8) is 0 Å². The number of hydrogen-bond donors (Lipinski definition) is 5. The van der Waals surface area contributed by atoms with Crippen molar-refractivity contribution in [2.24, 2.45) is 28.2 Å². The van der Waals surface area contributed by atoms with Crippen LogP contribution in [0.25, 0.3) is 94.3 Å². The number of aromatic carboxylic acids is 1. The summed E-state index contributed by atoms with van der Waals surface area (Å²) in [5.74, 6) is -8.03. The third-order valence-corrected chi connectivity index (χ3v) is 18.8. The first-order valence-electron chi connectivity index (χ1n) is 33.3. The van der Waals surface area contributed by atoms with Crippen molar-refractivity contribution in [2.75, 3.05) is 12.0 Å². The van der Waals surface area contributed by atoms with Gasteiger partial charge in [-0.1, -0.05) is 113 Å². The molecule has 15 rings (SSSR count). The third-order valence-electron chi connectivity index (χ3n) is 17.5. The van der Waals surface area contributed by atoms with Gasteiger partial charge in [0.2, 0.25) is 0 Å². The van der Waals surface area contributed by atoms with Gasteiger partial charge >= 0.3 is 23.0 Å². The number of nitrogens with one attached hydrogen (secondary N) is 3. The summed E-state index contributed by atoms with van der Waals surface area (Å²) < 4.78 is 133. The van der Waals surface area contributed by atoms with E-state index in [1.54, 1.807) is 45.7 Å². The predicted octanol–water partition coefficient (Wildman–Crippen LogP) is 14.9. The number of nitrogens with two attached hydrogens (primary N) is 1. The van der Waals surface area contributed by atoms with E-state index in [2.05, 4.69) is 54.8 Å². The van der Waals surface area contributed by atoms with Gasteiger partial charge < -0.3 is 29.1 Å². The third kappa shape index (κ3) is 16.2. The van der Waals surface area contributed by atoms with Crippen LogP contribution in [0.5, 0.6) is 0 Å². The molecule has 0 amide bonds. The molecule has 15 aromatic rings. The summed E-state index contributed by atoms with van der Waals surface area (Å²) in [5, 5.41) is 5.41. The molecular formula is C72H61Cl5F9N19O8S. The molecule has 4 aromatic carbocycles. The Morgan fingerprint density at radius 3 is 0.912 bits per heavy atom. The Hall–Kier alpha value is -11.4. The number of anilines is 1. The maximum Gasteiger partial charge on any atom is 0.338 e. The molecule has 0 unspecified atom stereocenters. The van der Waals surface area contributed by atoms with E-state index in [1.165, 1.54) is 49.5 Å². The molecule has 42 heteroatoms. The van der Waals surface area contributed by atoms with E-state index in [9.17, 15) is 59.4 Å². The second-order valence-electron chi connectivity index (χ2n) is 26.3. The smallest absolute Gasteiger partial charge is 0.338 e. The second-order valence-corrected chi connectivity index (χ2v) is 28.4. The lowest BCUT2D eigenvalue weighted by atomic mass is 9.98. The van der Waals surface area contributed by atoms with Crippen LogP contribution in [0, 0.1) is 46.5 Å². The van der Waals surface area contributed by atoms with Crippen molar-refractivity contribution >= 4 is 159 Å². The van der Waals surface area contributed by atoms with Gasteiger partial charge in [-0.2, -0.15) is 3.89 Å². The Balaban J connectivity index is 0.000000154. The number of hydrogen-bond acceptors (Lipinski definition) is 17. The van der Waals surface area contributed by atoms with Crippen molar-refractivity contribution in [2.45, 2.75) is 79.1 Å². The van der Waals surface area contributed by atoms with Crippen LogP contribution >= 0.6 is 70.2 Å². The number of rotatable bonds is 8. The average molecular weight is 1700 g/mol. The number of carboxylic acid groups (broad SMARTS) is 1. The van der Waals surface area contributed by atoms with Gasteiger partial charge in [-0.3, -0.25) is 29.3 Å². The van der Waals surface area contributed by atoms with Gasteiger partial charge in [0.25, 0.3) is 16.7 Å². The molecule has 0 aliphatic heterocycles. The SMILES string of the molecule is CC(C)c1c(-n2c(=O)[nH]c(=O)c3cc(F)c(Cl)nc32)c(F)cc2c1ncn2C.CC(C)c1c(-n2c(=O)[nH]c(=O)c3cc(F)c(Cl)nc32)c(F)cc2c1ncn2C.CC(C)c1c(-n2c(=O)[nH]c(=O)c3cc(F)c(Cl)nc32)c(F)cc2c1ncn2C.CC(C)c1c(N)c(F)cc2c1ncn2C.CSF.O=C(O)c1cc(F)c(Cl)nc1Cl. The number of pyridine rings is 4. The highest BCUT2D eigenvalue weighted by atomic mass is 35.5. The van der Waals surface area contributed by atoms with Gasteiger partial charge in [-0.15, -0.1) is 0 Å². The molecule has 6 N–H and O–H groups in total. The monoisotopic (exact) mass is 1700 g/mol. The summed E-state index contributed by atoms with van der Waals surface area (Å²) in [7, 11) is 7.02. The number of nitrogens with zero attached hydrogens (tertiary/aromatic N) is 15. The normalized spacial score (nSPS) is 11.4. The van der Waals surface area contributed by atoms with E-state index in [-0.39, 0.29) is 103 Å². The molecular weight excluding hydrogens is 1640 g/mol. The number of carbonyl (C=O) groups is 1.